The van der Waals surface area contributed by atoms with E-state index in [1.165, 1.54) is 12.1 Å². The lowest BCUT2D eigenvalue weighted by molar-refractivity contribution is -0.137. The van der Waals surface area contributed by atoms with E-state index in [9.17, 15) is 18.0 Å². The van der Waals surface area contributed by atoms with Crippen LogP contribution in [-0.2, 0) is 6.18 Å². The van der Waals surface area contributed by atoms with E-state index in [1.54, 1.807) is 18.2 Å². The van der Waals surface area contributed by atoms with E-state index >= 15 is 0 Å². The SMILES string of the molecule is Cc1ccn2cc(-c3cccc(NC(=O)c4ccccc4C(F)(F)F)c3)nc2c1. The summed E-state index contributed by atoms with van der Waals surface area (Å²) < 4.78 is 41.4. The second-order valence-electron chi connectivity index (χ2n) is 6.67. The monoisotopic (exact) mass is 395 g/mol. The number of nitrogens with zero attached hydrogens (tertiary/aromatic N) is 2. The fraction of sp³-hybridized carbons (Fsp3) is 0.0909. The van der Waals surface area contributed by atoms with E-state index in [-0.39, 0.29) is 0 Å². The molecule has 0 fully saturated rings. The standard InChI is InChI=1S/C22H16F3N3O/c1-14-9-10-28-13-19(27-20(28)11-14)15-5-4-6-16(12-15)26-21(29)17-7-2-3-8-18(17)22(23,24)25/h2-13H,1H3,(H,26,29). The zero-order valence-corrected chi connectivity index (χ0v) is 15.4. The first-order chi connectivity index (χ1) is 13.8. The van der Waals surface area contributed by atoms with Crippen molar-refractivity contribution in [2.45, 2.75) is 13.1 Å². The molecular weight excluding hydrogens is 379 g/mol. The van der Waals surface area contributed by atoms with Gasteiger partial charge in [-0.3, -0.25) is 4.79 Å². The third kappa shape index (κ3) is 3.85. The number of aryl methyl sites for hydroxylation is 1. The first-order valence-electron chi connectivity index (χ1n) is 8.85. The van der Waals surface area contributed by atoms with Crippen molar-refractivity contribution >= 4 is 17.2 Å². The zero-order chi connectivity index (χ0) is 20.6. The molecule has 7 heteroatoms. The minimum absolute atomic E-state index is 0.387. The fourth-order valence-corrected chi connectivity index (χ4v) is 3.11. The van der Waals surface area contributed by atoms with Crippen LogP contribution in [0.3, 0.4) is 0 Å². The topological polar surface area (TPSA) is 46.4 Å². The molecule has 0 saturated carbocycles. The lowest BCUT2D eigenvalue weighted by Crippen LogP contribution is -2.18. The predicted molar refractivity (Wildman–Crippen MR) is 105 cm³/mol. The Morgan fingerprint density at radius 2 is 1.83 bits per heavy atom. The minimum atomic E-state index is -4.61. The van der Waals surface area contributed by atoms with Gasteiger partial charge in [-0.05, 0) is 48.9 Å². The lowest BCUT2D eigenvalue weighted by atomic mass is 10.1. The van der Waals surface area contributed by atoms with Gasteiger partial charge in [-0.1, -0.05) is 24.3 Å². The van der Waals surface area contributed by atoms with E-state index in [4.69, 9.17) is 0 Å². The van der Waals surface area contributed by atoms with Gasteiger partial charge in [0.1, 0.15) is 5.65 Å². The molecule has 0 aliphatic carbocycles. The minimum Gasteiger partial charge on any atom is -0.322 e. The summed E-state index contributed by atoms with van der Waals surface area (Å²) in [6.45, 7) is 1.98. The molecule has 4 rings (SSSR count). The van der Waals surface area contributed by atoms with Crippen LogP contribution in [0.25, 0.3) is 16.9 Å². The molecule has 1 N–H and O–H groups in total. The van der Waals surface area contributed by atoms with E-state index in [0.29, 0.717) is 11.4 Å². The molecule has 29 heavy (non-hydrogen) atoms. The molecule has 0 atom stereocenters. The largest absolute Gasteiger partial charge is 0.417 e. The maximum atomic E-state index is 13.2. The number of rotatable bonds is 3. The van der Waals surface area contributed by atoms with Crippen molar-refractivity contribution in [1.82, 2.24) is 9.38 Å². The number of halogens is 3. The molecule has 4 nitrogen and oxygen atoms in total. The average Bonchev–Trinajstić information content (AvgIpc) is 3.11. The maximum absolute atomic E-state index is 13.2. The van der Waals surface area contributed by atoms with Gasteiger partial charge in [0.2, 0.25) is 0 Å². The smallest absolute Gasteiger partial charge is 0.322 e. The Bertz CT molecular complexity index is 1210. The number of imidazole rings is 1. The zero-order valence-electron chi connectivity index (χ0n) is 15.4. The van der Waals surface area contributed by atoms with Crippen LogP contribution in [0.1, 0.15) is 21.5 Å². The van der Waals surface area contributed by atoms with E-state index in [2.05, 4.69) is 10.3 Å². The number of hydrogen-bond acceptors (Lipinski definition) is 2. The van der Waals surface area contributed by atoms with Gasteiger partial charge >= 0.3 is 6.18 Å². The summed E-state index contributed by atoms with van der Waals surface area (Å²) in [5.41, 5.74) is 2.30. The van der Waals surface area contributed by atoms with Crippen LogP contribution >= 0.6 is 0 Å². The Labute approximate surface area is 164 Å². The number of benzene rings is 2. The summed E-state index contributed by atoms with van der Waals surface area (Å²) in [6, 6.07) is 15.5. The molecule has 2 aromatic heterocycles. The number of fused-ring (bicyclic) bond motifs is 1. The van der Waals surface area contributed by atoms with Crippen LogP contribution in [0.2, 0.25) is 0 Å². The maximum Gasteiger partial charge on any atom is 0.417 e. The molecule has 4 aromatic rings. The van der Waals surface area contributed by atoms with Crippen molar-refractivity contribution in [1.29, 1.82) is 0 Å². The highest BCUT2D eigenvalue weighted by atomic mass is 19.4. The number of nitrogens with one attached hydrogen (secondary N) is 1. The molecular formula is C22H16F3N3O. The first kappa shape index (κ1) is 18.7. The Kier molecular flexibility index (Phi) is 4.58. The summed E-state index contributed by atoms with van der Waals surface area (Å²) in [5, 5.41) is 2.55. The van der Waals surface area contributed by atoms with Crippen LogP contribution in [-0.4, -0.2) is 15.3 Å². The molecule has 0 unspecified atom stereocenters. The molecule has 2 aromatic carbocycles. The van der Waals surface area contributed by atoms with Gasteiger partial charge < -0.3 is 9.72 Å². The number of carbonyl (C=O) groups is 1. The molecule has 146 valence electrons. The molecule has 0 spiro atoms. The number of anilines is 1. The van der Waals surface area contributed by atoms with Crippen LogP contribution in [0.4, 0.5) is 18.9 Å². The van der Waals surface area contributed by atoms with Gasteiger partial charge in [0.25, 0.3) is 5.91 Å². The molecule has 1 amide bonds. The van der Waals surface area contributed by atoms with Gasteiger partial charge in [-0.2, -0.15) is 13.2 Å². The van der Waals surface area contributed by atoms with Crippen molar-refractivity contribution in [2.75, 3.05) is 5.32 Å². The molecule has 2 heterocycles. The molecule has 0 saturated heterocycles. The van der Waals surface area contributed by atoms with E-state index in [0.717, 1.165) is 28.9 Å². The summed E-state index contributed by atoms with van der Waals surface area (Å²) in [4.78, 5) is 17.0. The second kappa shape index (κ2) is 7.09. The Balaban J connectivity index is 1.63. The summed E-state index contributed by atoms with van der Waals surface area (Å²) >= 11 is 0. The van der Waals surface area contributed by atoms with Gasteiger partial charge in [-0.15, -0.1) is 0 Å². The fourth-order valence-electron chi connectivity index (χ4n) is 3.11. The van der Waals surface area contributed by atoms with Crippen LogP contribution in [0, 0.1) is 6.92 Å². The Hall–Kier alpha value is -3.61. The number of carbonyl (C=O) groups excluding carboxylic acids is 1. The molecule has 0 bridgehead atoms. The van der Waals surface area contributed by atoms with Gasteiger partial charge in [0.15, 0.2) is 0 Å². The average molecular weight is 395 g/mol. The normalized spacial score (nSPS) is 11.6. The molecule has 0 aliphatic rings. The summed E-state index contributed by atoms with van der Waals surface area (Å²) in [6.07, 6.45) is -0.847. The highest BCUT2D eigenvalue weighted by Crippen LogP contribution is 2.32. The van der Waals surface area contributed by atoms with Gasteiger partial charge in [0, 0.05) is 23.6 Å². The second-order valence-corrected chi connectivity index (χ2v) is 6.67. The highest BCUT2D eigenvalue weighted by Gasteiger charge is 2.34. The van der Waals surface area contributed by atoms with Crippen LogP contribution in [0.15, 0.2) is 73.1 Å². The van der Waals surface area contributed by atoms with Gasteiger partial charge in [0.05, 0.1) is 16.8 Å². The third-order valence-electron chi connectivity index (χ3n) is 4.51. The quantitative estimate of drug-likeness (QED) is 0.492. The summed E-state index contributed by atoms with van der Waals surface area (Å²) in [5.74, 6) is -0.819. The van der Waals surface area contributed by atoms with Crippen molar-refractivity contribution in [3.05, 3.63) is 89.7 Å². The van der Waals surface area contributed by atoms with Gasteiger partial charge in [-0.25, -0.2) is 4.98 Å². The molecule has 0 aliphatic heterocycles. The highest BCUT2D eigenvalue weighted by molar-refractivity contribution is 6.05. The van der Waals surface area contributed by atoms with Crippen molar-refractivity contribution in [3.63, 3.8) is 0 Å². The van der Waals surface area contributed by atoms with Crippen LogP contribution in [0.5, 0.6) is 0 Å². The third-order valence-corrected chi connectivity index (χ3v) is 4.51. The number of pyridine rings is 1. The lowest BCUT2D eigenvalue weighted by Gasteiger charge is -2.13. The molecule has 0 radical (unpaired) electrons. The van der Waals surface area contributed by atoms with Crippen LogP contribution < -0.4 is 5.32 Å². The first-order valence-corrected chi connectivity index (χ1v) is 8.85. The Morgan fingerprint density at radius 1 is 1.03 bits per heavy atom. The number of aromatic nitrogens is 2. The predicted octanol–water partition coefficient (Wildman–Crippen LogP) is 5.58. The van der Waals surface area contributed by atoms with Crippen molar-refractivity contribution in [3.8, 4) is 11.3 Å². The van der Waals surface area contributed by atoms with Crippen molar-refractivity contribution < 1.29 is 18.0 Å². The Morgan fingerprint density at radius 3 is 2.62 bits per heavy atom. The summed E-state index contributed by atoms with van der Waals surface area (Å²) in [7, 11) is 0. The van der Waals surface area contributed by atoms with Crippen molar-refractivity contribution in [2.24, 2.45) is 0 Å². The number of hydrogen-bond donors (Lipinski definition) is 1. The number of alkyl halides is 3. The van der Waals surface area contributed by atoms with E-state index < -0.39 is 23.2 Å². The number of amides is 1. The van der Waals surface area contributed by atoms with E-state index in [1.807, 2.05) is 41.9 Å².